The van der Waals surface area contributed by atoms with Crippen LogP contribution in [0.5, 0.6) is 0 Å². The highest BCUT2D eigenvalue weighted by Gasteiger charge is 2.19. The van der Waals surface area contributed by atoms with Crippen LogP contribution in [0.4, 0.5) is 11.4 Å². The number of para-hydroxylation sites is 2. The fraction of sp³-hybridized carbons (Fsp3) is 0.409. The Balaban J connectivity index is 0.000000920. The van der Waals surface area contributed by atoms with Crippen molar-refractivity contribution in [1.29, 1.82) is 0 Å². The summed E-state index contributed by atoms with van der Waals surface area (Å²) >= 11 is 12.5. The van der Waals surface area contributed by atoms with E-state index in [1.54, 1.807) is 18.2 Å². The van der Waals surface area contributed by atoms with E-state index >= 15 is 0 Å². The molecular weight excluding hydrogens is 473 g/mol. The number of quaternary nitrogens is 1. The number of carbonyl (C=O) groups is 1. The first-order chi connectivity index (χ1) is 14.7. The van der Waals surface area contributed by atoms with Crippen LogP contribution >= 0.6 is 23.2 Å². The first-order valence-corrected chi connectivity index (χ1v) is 12.6. The van der Waals surface area contributed by atoms with Gasteiger partial charge in [-0.1, -0.05) is 47.5 Å². The summed E-state index contributed by atoms with van der Waals surface area (Å²) in [5.74, 6) is -0.282. The normalized spacial score (nSPS) is 12.4. The van der Waals surface area contributed by atoms with Gasteiger partial charge in [0.1, 0.15) is 0 Å². The molecule has 0 unspecified atom stereocenters. The Morgan fingerprint density at radius 2 is 1.59 bits per heavy atom. The highest BCUT2D eigenvalue weighted by Crippen LogP contribution is 2.35. The lowest BCUT2D eigenvalue weighted by Gasteiger charge is -2.24. The highest BCUT2D eigenvalue weighted by molar-refractivity contribution is 7.84. The summed E-state index contributed by atoms with van der Waals surface area (Å²) in [4.78, 5) is 12.6. The lowest BCUT2D eigenvalue weighted by molar-refractivity contribution is -0.870. The van der Waals surface area contributed by atoms with Gasteiger partial charge in [-0.25, -0.2) is 8.42 Å². The van der Waals surface area contributed by atoms with Gasteiger partial charge < -0.3 is 19.7 Å². The number of benzene rings is 2. The number of hydrogen-bond donors (Lipinski definition) is 2. The molecule has 0 aliphatic rings. The van der Waals surface area contributed by atoms with Crippen LogP contribution in [-0.4, -0.2) is 63.8 Å². The second-order valence-corrected chi connectivity index (χ2v) is 10.6. The number of hydrogen-bond acceptors (Lipinski definition) is 5. The van der Waals surface area contributed by atoms with Crippen LogP contribution in [0.1, 0.15) is 24.8 Å². The van der Waals surface area contributed by atoms with Crippen LogP contribution in [0.3, 0.4) is 0 Å². The molecule has 0 heterocycles. The maximum Gasteiger partial charge on any atom is 0.227 e. The van der Waals surface area contributed by atoms with E-state index in [9.17, 15) is 4.79 Å². The van der Waals surface area contributed by atoms with E-state index in [1.807, 2.05) is 31.2 Å². The van der Waals surface area contributed by atoms with Crippen molar-refractivity contribution >= 4 is 50.6 Å². The van der Waals surface area contributed by atoms with Gasteiger partial charge in [-0.2, -0.15) is 0 Å². The van der Waals surface area contributed by atoms with Crippen molar-refractivity contribution in [3.05, 3.63) is 58.1 Å². The van der Waals surface area contributed by atoms with E-state index < -0.39 is 10.1 Å². The zero-order valence-electron chi connectivity index (χ0n) is 19.0. The molecule has 0 aliphatic carbocycles. The molecule has 2 rings (SSSR count). The topological polar surface area (TPSA) is 98.3 Å². The molecular formula is C22H31Cl2N3O4S. The molecule has 178 valence electrons. The smallest absolute Gasteiger partial charge is 0.227 e. The Kier molecular flexibility index (Phi) is 10.9. The Bertz CT molecular complexity index is 980. The summed E-state index contributed by atoms with van der Waals surface area (Å²) < 4.78 is 28.1. The zero-order chi connectivity index (χ0) is 24.5. The third kappa shape index (κ3) is 11.2. The van der Waals surface area contributed by atoms with E-state index in [0.717, 1.165) is 28.7 Å². The summed E-state index contributed by atoms with van der Waals surface area (Å²) in [5.41, 5.74) is 2.36. The Morgan fingerprint density at radius 3 is 2.12 bits per heavy atom. The van der Waals surface area contributed by atoms with Crippen molar-refractivity contribution in [3.63, 3.8) is 0 Å². The van der Waals surface area contributed by atoms with Crippen molar-refractivity contribution in [2.24, 2.45) is 0 Å². The first kappa shape index (κ1) is 28.2. The fourth-order valence-electron chi connectivity index (χ4n) is 2.80. The summed E-state index contributed by atoms with van der Waals surface area (Å²) in [6.45, 7) is 3.59. The molecule has 2 N–H and O–H groups in total. The van der Waals surface area contributed by atoms with Gasteiger partial charge in [0.2, 0.25) is 5.91 Å². The van der Waals surface area contributed by atoms with E-state index in [-0.39, 0.29) is 11.8 Å². The molecule has 0 bridgehead atoms. The van der Waals surface area contributed by atoms with Crippen molar-refractivity contribution in [2.75, 3.05) is 45.8 Å². The molecule has 2 aromatic carbocycles. The number of halogens is 2. The third-order valence-corrected chi connectivity index (χ3v) is 4.98. The second-order valence-electron chi connectivity index (χ2n) is 8.39. The molecule has 1 atom stereocenters. The Morgan fingerprint density at radius 1 is 1.06 bits per heavy atom. The van der Waals surface area contributed by atoms with E-state index in [2.05, 4.69) is 31.8 Å². The van der Waals surface area contributed by atoms with Gasteiger partial charge in [-0.05, 0) is 30.7 Å². The van der Waals surface area contributed by atoms with Crippen LogP contribution in [-0.2, 0) is 14.9 Å². The average molecular weight is 504 g/mol. The lowest BCUT2D eigenvalue weighted by atomic mass is 9.98. The highest BCUT2D eigenvalue weighted by atomic mass is 35.5. The van der Waals surface area contributed by atoms with Crippen molar-refractivity contribution in [3.8, 4) is 0 Å². The largest absolute Gasteiger partial charge is 0.748 e. The molecule has 2 aromatic rings. The quantitative estimate of drug-likeness (QED) is 0.319. The minimum absolute atomic E-state index is 0.0101. The summed E-state index contributed by atoms with van der Waals surface area (Å²) in [6, 6.07) is 13.1. The summed E-state index contributed by atoms with van der Waals surface area (Å²) in [6.07, 6.45) is 1.55. The average Bonchev–Trinajstić information content (AvgIpc) is 2.66. The standard InChI is InChI=1S/C21H27Cl2N3O.CH4O3S/c1-15(21(27)24-13-8-14-26(2,3)4)16-9-5-6-12-19(16)25-20-17(22)10-7-11-18(20)23;1-5(2,3)4/h5-7,9-12,15,25H,8,13-14H2,1-4H3;1H3,(H,2,3,4)/t15-;/m1./s1. The van der Waals surface area contributed by atoms with Crippen LogP contribution in [0.2, 0.25) is 10.0 Å². The first-order valence-electron chi connectivity index (χ1n) is 9.98. The molecule has 0 radical (unpaired) electrons. The third-order valence-electron chi connectivity index (χ3n) is 4.35. The Labute approximate surface area is 201 Å². The molecule has 1 amide bonds. The molecule has 32 heavy (non-hydrogen) atoms. The molecule has 0 saturated carbocycles. The number of nitrogens with zero attached hydrogens (tertiary/aromatic N) is 1. The number of rotatable bonds is 8. The van der Waals surface area contributed by atoms with Crippen molar-refractivity contribution in [1.82, 2.24) is 5.32 Å². The lowest BCUT2D eigenvalue weighted by Crippen LogP contribution is -2.38. The predicted octanol–water partition coefficient (Wildman–Crippen LogP) is 4.21. The summed E-state index contributed by atoms with van der Waals surface area (Å²) in [5, 5.41) is 7.40. The molecule has 7 nitrogen and oxygen atoms in total. The van der Waals surface area contributed by atoms with Gasteiger partial charge >= 0.3 is 0 Å². The van der Waals surface area contributed by atoms with Gasteiger partial charge in [0, 0.05) is 24.9 Å². The number of carbonyl (C=O) groups excluding carboxylic acids is 1. The SMILES string of the molecule is CS(=O)(=O)[O-].C[C@@H](C(=O)NCCC[N+](C)(C)C)c1ccccc1Nc1c(Cl)cccc1Cl. The minimum atomic E-state index is -3.92. The number of anilines is 2. The van der Waals surface area contributed by atoms with Gasteiger partial charge in [0.25, 0.3) is 0 Å². The van der Waals surface area contributed by atoms with Crippen LogP contribution in [0.25, 0.3) is 0 Å². The Hall–Kier alpha value is -1.84. The van der Waals surface area contributed by atoms with Crippen LogP contribution in [0.15, 0.2) is 42.5 Å². The number of nitrogens with one attached hydrogen (secondary N) is 2. The van der Waals surface area contributed by atoms with Gasteiger partial charge in [-0.15, -0.1) is 0 Å². The van der Waals surface area contributed by atoms with E-state index in [0.29, 0.717) is 28.5 Å². The maximum atomic E-state index is 12.6. The molecule has 0 aromatic heterocycles. The van der Waals surface area contributed by atoms with E-state index in [4.69, 9.17) is 36.2 Å². The van der Waals surface area contributed by atoms with Gasteiger partial charge in [0.05, 0.1) is 59.5 Å². The molecule has 0 aliphatic heterocycles. The van der Waals surface area contributed by atoms with Crippen molar-refractivity contribution < 1.29 is 22.2 Å². The molecule has 0 fully saturated rings. The number of amides is 1. The monoisotopic (exact) mass is 503 g/mol. The van der Waals surface area contributed by atoms with Crippen molar-refractivity contribution in [2.45, 2.75) is 19.3 Å². The molecule has 0 spiro atoms. The van der Waals surface area contributed by atoms with Crippen LogP contribution in [0, 0.1) is 0 Å². The molecule has 0 saturated heterocycles. The van der Waals surface area contributed by atoms with E-state index in [1.165, 1.54) is 0 Å². The fourth-order valence-corrected chi connectivity index (χ4v) is 3.29. The van der Waals surface area contributed by atoms with Gasteiger partial charge in [0.15, 0.2) is 0 Å². The zero-order valence-corrected chi connectivity index (χ0v) is 21.3. The maximum absolute atomic E-state index is 12.6. The van der Waals surface area contributed by atoms with Crippen LogP contribution < -0.4 is 10.6 Å². The van der Waals surface area contributed by atoms with Gasteiger partial charge in [-0.3, -0.25) is 4.79 Å². The predicted molar refractivity (Wildman–Crippen MR) is 131 cm³/mol. The summed E-state index contributed by atoms with van der Waals surface area (Å²) in [7, 11) is 2.52. The molecule has 10 heteroatoms. The minimum Gasteiger partial charge on any atom is -0.748 e. The second kappa shape index (κ2) is 12.4.